The lowest BCUT2D eigenvalue weighted by atomic mass is 10.2. The predicted molar refractivity (Wildman–Crippen MR) is 27.7 cm³/mol. The predicted octanol–water partition coefficient (Wildman–Crippen LogP) is 1.19. The monoisotopic (exact) mass is 97.1 g/mol. The summed E-state index contributed by atoms with van der Waals surface area (Å²) < 4.78 is 0. The molecular formula is C6H9O. The molecule has 1 nitrogen and oxygen atoms in total. The van der Waals surface area contributed by atoms with Gasteiger partial charge in [-0.1, -0.05) is 12.8 Å². The highest BCUT2D eigenvalue weighted by molar-refractivity contribution is 5.60. The van der Waals surface area contributed by atoms with Gasteiger partial charge in [0.1, 0.15) is 6.29 Å². The maximum Gasteiger partial charge on any atom is 0.123 e. The lowest BCUT2D eigenvalue weighted by Crippen LogP contribution is -1.77. The molecule has 1 heteroatoms. The molecular weight excluding hydrogens is 88.1 g/mol. The summed E-state index contributed by atoms with van der Waals surface area (Å²) in [5, 5.41) is 0. The van der Waals surface area contributed by atoms with Crippen molar-refractivity contribution in [2.24, 2.45) is 5.92 Å². The first kappa shape index (κ1) is 4.82. The van der Waals surface area contributed by atoms with Crippen LogP contribution in [0.5, 0.6) is 0 Å². The minimum absolute atomic E-state index is 0.866. The van der Waals surface area contributed by atoms with Gasteiger partial charge in [-0.2, -0.15) is 0 Å². The Labute approximate surface area is 43.7 Å². The number of rotatable bonds is 3. The van der Waals surface area contributed by atoms with E-state index in [-0.39, 0.29) is 0 Å². The highest BCUT2D eigenvalue weighted by atomic mass is 16.1. The van der Waals surface area contributed by atoms with Crippen molar-refractivity contribution in [1.82, 2.24) is 0 Å². The third-order valence-corrected chi connectivity index (χ3v) is 1.26. The molecule has 1 fully saturated rings. The lowest BCUT2D eigenvalue weighted by molar-refractivity contribution is -0.105. The van der Waals surface area contributed by atoms with Gasteiger partial charge in [0.2, 0.25) is 0 Å². The first-order chi connectivity index (χ1) is 3.43. The van der Waals surface area contributed by atoms with Gasteiger partial charge in [-0.05, 0) is 12.3 Å². The van der Waals surface area contributed by atoms with Crippen LogP contribution in [0.25, 0.3) is 0 Å². The Morgan fingerprint density at radius 1 is 1.57 bits per heavy atom. The third-order valence-electron chi connectivity index (χ3n) is 1.26. The van der Waals surface area contributed by atoms with Gasteiger partial charge in [0.15, 0.2) is 0 Å². The van der Waals surface area contributed by atoms with Crippen molar-refractivity contribution in [2.45, 2.75) is 19.3 Å². The molecule has 39 valence electrons. The molecule has 0 atom stereocenters. The Kier molecular flexibility index (Phi) is 1.45. The largest absolute Gasteiger partial charge is 0.303 e. The van der Waals surface area contributed by atoms with E-state index in [0.29, 0.717) is 0 Å². The quantitative estimate of drug-likeness (QED) is 0.483. The standard InChI is InChI=1S/C6H9O/c7-5-1-2-6-3-4-6/h1,5-6H,2-4H2. The highest BCUT2D eigenvalue weighted by Crippen LogP contribution is 2.32. The van der Waals surface area contributed by atoms with E-state index in [4.69, 9.17) is 0 Å². The van der Waals surface area contributed by atoms with Gasteiger partial charge in [-0.3, -0.25) is 0 Å². The van der Waals surface area contributed by atoms with E-state index in [1.165, 1.54) is 12.8 Å². The zero-order valence-electron chi connectivity index (χ0n) is 4.26. The number of hydrogen-bond donors (Lipinski definition) is 0. The molecule has 0 amide bonds. The zero-order valence-corrected chi connectivity index (χ0v) is 4.26. The van der Waals surface area contributed by atoms with Gasteiger partial charge >= 0.3 is 0 Å². The Morgan fingerprint density at radius 2 is 2.29 bits per heavy atom. The Morgan fingerprint density at radius 3 is 2.71 bits per heavy atom. The van der Waals surface area contributed by atoms with Crippen molar-refractivity contribution in [2.75, 3.05) is 0 Å². The van der Waals surface area contributed by atoms with Crippen LogP contribution in [-0.4, -0.2) is 6.29 Å². The molecule has 0 aromatic rings. The summed E-state index contributed by atoms with van der Waals surface area (Å²) in [4.78, 5) is 9.68. The van der Waals surface area contributed by atoms with Crippen LogP contribution in [0.15, 0.2) is 0 Å². The molecule has 1 saturated carbocycles. The summed E-state index contributed by atoms with van der Waals surface area (Å²) in [7, 11) is 0. The Hall–Kier alpha value is -0.330. The van der Waals surface area contributed by atoms with Crippen molar-refractivity contribution in [3.63, 3.8) is 0 Å². The summed E-state index contributed by atoms with van der Waals surface area (Å²) >= 11 is 0. The number of carbonyl (C=O) groups is 1. The molecule has 0 aliphatic heterocycles. The fourth-order valence-electron chi connectivity index (χ4n) is 0.602. The Balaban J connectivity index is 1.88. The summed E-state index contributed by atoms with van der Waals surface area (Å²) in [6.07, 6.45) is 6.29. The molecule has 1 rings (SSSR count). The maximum absolute atomic E-state index is 9.68. The summed E-state index contributed by atoms with van der Waals surface area (Å²) in [6.45, 7) is 0. The molecule has 0 spiro atoms. The molecule has 0 unspecified atom stereocenters. The molecule has 0 aromatic carbocycles. The number of hydrogen-bond acceptors (Lipinski definition) is 1. The minimum Gasteiger partial charge on any atom is -0.303 e. The summed E-state index contributed by atoms with van der Waals surface area (Å²) in [6, 6.07) is 0. The fraction of sp³-hybridized carbons (Fsp3) is 0.667. The number of aldehydes is 1. The van der Waals surface area contributed by atoms with Gasteiger partial charge < -0.3 is 4.79 Å². The van der Waals surface area contributed by atoms with E-state index in [0.717, 1.165) is 18.6 Å². The van der Waals surface area contributed by atoms with Crippen molar-refractivity contribution < 1.29 is 4.79 Å². The molecule has 7 heavy (non-hydrogen) atoms. The maximum atomic E-state index is 9.68. The van der Waals surface area contributed by atoms with E-state index >= 15 is 0 Å². The lowest BCUT2D eigenvalue weighted by Gasteiger charge is -1.81. The second-order valence-electron chi connectivity index (χ2n) is 2.05. The average Bonchev–Trinajstić information content (AvgIpc) is 2.42. The van der Waals surface area contributed by atoms with Crippen molar-refractivity contribution in [1.29, 1.82) is 0 Å². The molecule has 0 bridgehead atoms. The van der Waals surface area contributed by atoms with Gasteiger partial charge in [0.05, 0.1) is 0 Å². The summed E-state index contributed by atoms with van der Waals surface area (Å²) in [5.74, 6) is 0.866. The number of carbonyl (C=O) groups excluding carboxylic acids is 1. The molecule has 0 N–H and O–H groups in total. The molecule has 0 aromatic heterocycles. The third kappa shape index (κ3) is 1.72. The van der Waals surface area contributed by atoms with Crippen molar-refractivity contribution >= 4 is 6.29 Å². The SMILES string of the molecule is O=C[CH]CC1CC1. The van der Waals surface area contributed by atoms with Crippen LogP contribution in [0.4, 0.5) is 0 Å². The molecule has 0 saturated heterocycles. The van der Waals surface area contributed by atoms with Gasteiger partial charge in [0, 0.05) is 6.42 Å². The first-order valence-corrected chi connectivity index (χ1v) is 2.70. The molecule has 1 aliphatic carbocycles. The Bertz CT molecular complexity index is 64.6. The first-order valence-electron chi connectivity index (χ1n) is 2.70. The minimum atomic E-state index is 0.866. The van der Waals surface area contributed by atoms with Gasteiger partial charge in [-0.15, -0.1) is 0 Å². The van der Waals surface area contributed by atoms with E-state index in [9.17, 15) is 4.79 Å². The topological polar surface area (TPSA) is 17.1 Å². The van der Waals surface area contributed by atoms with Crippen LogP contribution >= 0.6 is 0 Å². The second kappa shape index (κ2) is 2.10. The van der Waals surface area contributed by atoms with Crippen molar-refractivity contribution in [3.8, 4) is 0 Å². The highest BCUT2D eigenvalue weighted by Gasteiger charge is 2.19. The van der Waals surface area contributed by atoms with E-state index in [1.54, 1.807) is 6.42 Å². The smallest absolute Gasteiger partial charge is 0.123 e. The average molecular weight is 97.1 g/mol. The van der Waals surface area contributed by atoms with E-state index < -0.39 is 0 Å². The molecule has 0 heterocycles. The van der Waals surface area contributed by atoms with Crippen LogP contribution in [-0.2, 0) is 4.79 Å². The van der Waals surface area contributed by atoms with Crippen LogP contribution in [0.2, 0.25) is 0 Å². The van der Waals surface area contributed by atoms with Crippen LogP contribution in [0.1, 0.15) is 19.3 Å². The van der Waals surface area contributed by atoms with Gasteiger partial charge in [0.25, 0.3) is 0 Å². The molecule has 1 radical (unpaired) electrons. The van der Waals surface area contributed by atoms with Crippen LogP contribution in [0.3, 0.4) is 0 Å². The second-order valence-corrected chi connectivity index (χ2v) is 2.05. The van der Waals surface area contributed by atoms with E-state index in [1.807, 2.05) is 0 Å². The normalized spacial score (nSPS) is 19.4. The molecule has 1 aliphatic rings. The zero-order chi connectivity index (χ0) is 5.11. The summed E-state index contributed by atoms with van der Waals surface area (Å²) in [5.41, 5.74) is 0. The van der Waals surface area contributed by atoms with Crippen molar-refractivity contribution in [3.05, 3.63) is 6.42 Å². The van der Waals surface area contributed by atoms with Gasteiger partial charge in [-0.25, -0.2) is 0 Å². The van der Waals surface area contributed by atoms with E-state index in [2.05, 4.69) is 0 Å². The van der Waals surface area contributed by atoms with Crippen LogP contribution < -0.4 is 0 Å². The van der Waals surface area contributed by atoms with Crippen LogP contribution in [0, 0.1) is 12.3 Å². The fourth-order valence-corrected chi connectivity index (χ4v) is 0.602.